The smallest absolute Gasteiger partial charge is 0.309 e. The van der Waals surface area contributed by atoms with E-state index in [9.17, 15) is 14.7 Å². The molecular formula is C18H20N4O3. The first kappa shape index (κ1) is 16.9. The zero-order valence-electron chi connectivity index (χ0n) is 14.2. The molecule has 1 amide bonds. The highest BCUT2D eigenvalue weighted by molar-refractivity contribution is 5.95. The fraction of sp³-hybridized carbons (Fsp3) is 0.333. The van der Waals surface area contributed by atoms with E-state index >= 15 is 0 Å². The van der Waals surface area contributed by atoms with Gasteiger partial charge in [-0.1, -0.05) is 6.07 Å². The van der Waals surface area contributed by atoms with Gasteiger partial charge < -0.3 is 14.9 Å². The van der Waals surface area contributed by atoms with Gasteiger partial charge in [0.1, 0.15) is 5.82 Å². The fourth-order valence-corrected chi connectivity index (χ4v) is 3.07. The Morgan fingerprint density at radius 1 is 1.16 bits per heavy atom. The molecule has 3 rings (SSSR count). The number of likely N-dealkylation sites (tertiary alicyclic amines) is 1. The second kappa shape index (κ2) is 6.88. The number of carboxylic acid groups (broad SMARTS) is 1. The second-order valence-corrected chi connectivity index (χ2v) is 6.32. The predicted octanol–water partition coefficient (Wildman–Crippen LogP) is 1.48. The lowest BCUT2D eigenvalue weighted by atomic mass is 9.93. The number of nitrogens with zero attached hydrogens (tertiary/aromatic N) is 4. The molecule has 3 heterocycles. The van der Waals surface area contributed by atoms with E-state index in [4.69, 9.17) is 0 Å². The molecule has 1 saturated heterocycles. The van der Waals surface area contributed by atoms with Gasteiger partial charge in [-0.05, 0) is 24.3 Å². The maximum atomic E-state index is 12.7. The van der Waals surface area contributed by atoms with Gasteiger partial charge in [0.05, 0.1) is 11.5 Å². The molecule has 25 heavy (non-hydrogen) atoms. The number of pyridine rings is 2. The molecule has 130 valence electrons. The van der Waals surface area contributed by atoms with Gasteiger partial charge >= 0.3 is 5.97 Å². The summed E-state index contributed by atoms with van der Waals surface area (Å²) >= 11 is 0. The molecule has 7 nitrogen and oxygen atoms in total. The van der Waals surface area contributed by atoms with Gasteiger partial charge in [0.15, 0.2) is 0 Å². The Bertz CT molecular complexity index is 762. The molecule has 0 saturated carbocycles. The molecule has 1 aliphatic heterocycles. The Hall–Kier alpha value is -2.96. The van der Waals surface area contributed by atoms with Crippen LogP contribution in [-0.4, -0.2) is 59.0 Å². The van der Waals surface area contributed by atoms with Gasteiger partial charge in [0, 0.05) is 51.2 Å². The molecule has 0 aromatic carbocycles. The molecule has 0 spiro atoms. The van der Waals surface area contributed by atoms with E-state index in [-0.39, 0.29) is 18.4 Å². The van der Waals surface area contributed by atoms with E-state index in [1.807, 2.05) is 31.1 Å². The summed E-state index contributed by atoms with van der Waals surface area (Å²) in [6.45, 7) is 0.507. The molecule has 2 aromatic rings. The number of carboxylic acids is 1. The molecule has 2 aromatic heterocycles. The zero-order chi connectivity index (χ0) is 18.0. The highest BCUT2D eigenvalue weighted by Gasteiger charge is 2.41. The number of rotatable bonds is 4. The van der Waals surface area contributed by atoms with Crippen molar-refractivity contribution in [2.45, 2.75) is 5.92 Å². The summed E-state index contributed by atoms with van der Waals surface area (Å²) in [5.41, 5.74) is 1.16. The van der Waals surface area contributed by atoms with E-state index in [1.165, 1.54) is 6.20 Å². The summed E-state index contributed by atoms with van der Waals surface area (Å²) < 4.78 is 0. The number of carbonyl (C=O) groups excluding carboxylic acids is 1. The van der Waals surface area contributed by atoms with Crippen molar-refractivity contribution in [1.82, 2.24) is 14.9 Å². The topological polar surface area (TPSA) is 86.6 Å². The maximum absolute atomic E-state index is 12.7. The Morgan fingerprint density at radius 2 is 1.96 bits per heavy atom. The first-order valence-electron chi connectivity index (χ1n) is 8.03. The van der Waals surface area contributed by atoms with Crippen LogP contribution in [0.1, 0.15) is 22.0 Å². The van der Waals surface area contributed by atoms with Gasteiger partial charge in [-0.3, -0.25) is 14.6 Å². The van der Waals surface area contributed by atoms with Crippen LogP contribution in [0, 0.1) is 5.92 Å². The maximum Gasteiger partial charge on any atom is 0.309 e. The third-order valence-electron chi connectivity index (χ3n) is 4.44. The van der Waals surface area contributed by atoms with Gasteiger partial charge in [0.2, 0.25) is 0 Å². The van der Waals surface area contributed by atoms with Crippen LogP contribution in [0.25, 0.3) is 0 Å². The summed E-state index contributed by atoms with van der Waals surface area (Å²) in [5, 5.41) is 9.53. The van der Waals surface area contributed by atoms with Gasteiger partial charge in [0.25, 0.3) is 5.91 Å². The minimum atomic E-state index is -0.910. The van der Waals surface area contributed by atoms with Crippen molar-refractivity contribution in [3.05, 3.63) is 54.0 Å². The van der Waals surface area contributed by atoms with E-state index < -0.39 is 11.9 Å². The van der Waals surface area contributed by atoms with Crippen molar-refractivity contribution in [3.8, 4) is 0 Å². The van der Waals surface area contributed by atoms with Crippen LogP contribution in [0.15, 0.2) is 42.7 Å². The minimum absolute atomic E-state index is 0.171. The standard InChI is InChI=1S/C18H20N4O3/c1-21(2)16-7-6-12(9-20-16)17(23)22-10-13(14(11-22)18(24)25)15-5-3-4-8-19-15/h3-9,13-14H,10-11H2,1-2H3,(H,24,25)/t13-,14-/m0/s1. The molecule has 0 unspecified atom stereocenters. The lowest BCUT2D eigenvalue weighted by Gasteiger charge is -2.17. The number of hydrogen-bond donors (Lipinski definition) is 1. The highest BCUT2D eigenvalue weighted by Crippen LogP contribution is 2.32. The summed E-state index contributed by atoms with van der Waals surface area (Å²) in [5.74, 6) is -1.33. The molecule has 0 aliphatic carbocycles. The summed E-state index contributed by atoms with van der Waals surface area (Å²) in [6.07, 6.45) is 3.17. The fourth-order valence-electron chi connectivity index (χ4n) is 3.07. The normalized spacial score (nSPS) is 19.7. The molecule has 0 radical (unpaired) electrons. The van der Waals surface area contributed by atoms with E-state index in [0.29, 0.717) is 17.8 Å². The average Bonchev–Trinajstić information content (AvgIpc) is 3.07. The summed E-state index contributed by atoms with van der Waals surface area (Å²) in [6, 6.07) is 8.91. The van der Waals surface area contributed by atoms with Crippen LogP contribution in [0.3, 0.4) is 0 Å². The van der Waals surface area contributed by atoms with Crippen LogP contribution in [0.5, 0.6) is 0 Å². The molecule has 1 N–H and O–H groups in total. The van der Waals surface area contributed by atoms with E-state index in [1.54, 1.807) is 29.3 Å². The van der Waals surface area contributed by atoms with Crippen molar-refractivity contribution < 1.29 is 14.7 Å². The Labute approximate surface area is 145 Å². The van der Waals surface area contributed by atoms with Gasteiger partial charge in [-0.2, -0.15) is 0 Å². The minimum Gasteiger partial charge on any atom is -0.481 e. The Morgan fingerprint density at radius 3 is 2.52 bits per heavy atom. The molecule has 1 aliphatic rings. The third kappa shape index (κ3) is 3.45. The van der Waals surface area contributed by atoms with E-state index in [0.717, 1.165) is 5.82 Å². The second-order valence-electron chi connectivity index (χ2n) is 6.32. The predicted molar refractivity (Wildman–Crippen MR) is 92.6 cm³/mol. The van der Waals surface area contributed by atoms with Crippen molar-refractivity contribution in [3.63, 3.8) is 0 Å². The van der Waals surface area contributed by atoms with Crippen LogP contribution in [0.4, 0.5) is 5.82 Å². The highest BCUT2D eigenvalue weighted by atomic mass is 16.4. The molecule has 0 bridgehead atoms. The summed E-state index contributed by atoms with van der Waals surface area (Å²) in [4.78, 5) is 36.3. The first-order chi connectivity index (χ1) is 12.0. The number of anilines is 1. The molecule has 7 heteroatoms. The number of aromatic nitrogens is 2. The van der Waals surface area contributed by atoms with Crippen LogP contribution >= 0.6 is 0 Å². The molecule has 2 atom stereocenters. The van der Waals surface area contributed by atoms with Crippen LogP contribution in [0.2, 0.25) is 0 Å². The van der Waals surface area contributed by atoms with E-state index in [2.05, 4.69) is 9.97 Å². The first-order valence-corrected chi connectivity index (χ1v) is 8.03. The van der Waals surface area contributed by atoms with Crippen molar-refractivity contribution in [1.29, 1.82) is 0 Å². The van der Waals surface area contributed by atoms with Crippen LogP contribution in [-0.2, 0) is 4.79 Å². The SMILES string of the molecule is CN(C)c1ccc(C(=O)N2C[C@H](C(=O)O)[C@@H](c3ccccn3)C2)cn1. The lowest BCUT2D eigenvalue weighted by Crippen LogP contribution is -2.30. The Balaban J connectivity index is 1.81. The van der Waals surface area contributed by atoms with Gasteiger partial charge in [-0.15, -0.1) is 0 Å². The molecular weight excluding hydrogens is 320 g/mol. The largest absolute Gasteiger partial charge is 0.481 e. The average molecular weight is 340 g/mol. The third-order valence-corrected chi connectivity index (χ3v) is 4.44. The lowest BCUT2D eigenvalue weighted by molar-refractivity contribution is -0.141. The number of amides is 1. The number of carbonyl (C=O) groups is 2. The van der Waals surface area contributed by atoms with Crippen molar-refractivity contribution >= 4 is 17.7 Å². The van der Waals surface area contributed by atoms with Crippen LogP contribution < -0.4 is 4.90 Å². The monoisotopic (exact) mass is 340 g/mol. The number of aliphatic carboxylic acids is 1. The Kier molecular flexibility index (Phi) is 4.65. The molecule has 1 fully saturated rings. The quantitative estimate of drug-likeness (QED) is 0.907. The van der Waals surface area contributed by atoms with Crippen molar-refractivity contribution in [2.24, 2.45) is 5.92 Å². The van der Waals surface area contributed by atoms with Gasteiger partial charge in [-0.25, -0.2) is 4.98 Å². The number of hydrogen-bond acceptors (Lipinski definition) is 5. The summed E-state index contributed by atoms with van der Waals surface area (Å²) in [7, 11) is 3.75. The van der Waals surface area contributed by atoms with Crippen molar-refractivity contribution in [2.75, 3.05) is 32.1 Å². The zero-order valence-corrected chi connectivity index (χ0v) is 14.2.